The zero-order chi connectivity index (χ0) is 17.8. The molecule has 1 aliphatic rings. The van der Waals surface area contributed by atoms with E-state index in [2.05, 4.69) is 40.3 Å². The number of halogens is 1. The molecule has 0 aliphatic carbocycles. The molecule has 1 aliphatic heterocycles. The molecule has 0 amide bonds. The van der Waals surface area contributed by atoms with Gasteiger partial charge in [0.25, 0.3) is 0 Å². The summed E-state index contributed by atoms with van der Waals surface area (Å²) >= 11 is 5.91. The average molecular weight is 369 g/mol. The van der Waals surface area contributed by atoms with Gasteiger partial charge < -0.3 is 15.1 Å². The van der Waals surface area contributed by atoms with E-state index in [1.165, 1.54) is 0 Å². The zero-order valence-corrected chi connectivity index (χ0v) is 14.7. The summed E-state index contributed by atoms with van der Waals surface area (Å²) < 4.78 is 0. The minimum absolute atomic E-state index is 0.457. The van der Waals surface area contributed by atoms with E-state index >= 15 is 0 Å². The van der Waals surface area contributed by atoms with Gasteiger partial charge in [-0.1, -0.05) is 11.6 Å². The summed E-state index contributed by atoms with van der Waals surface area (Å²) in [5.74, 6) is 2.02. The second kappa shape index (κ2) is 7.49. The van der Waals surface area contributed by atoms with Crippen LogP contribution in [0.5, 0.6) is 0 Å². The molecule has 3 aromatic rings. The fourth-order valence-corrected chi connectivity index (χ4v) is 2.88. The van der Waals surface area contributed by atoms with Crippen LogP contribution < -0.4 is 15.1 Å². The van der Waals surface area contributed by atoms with Gasteiger partial charge in [0, 0.05) is 49.3 Å². The number of piperazine rings is 1. The second-order valence-corrected chi connectivity index (χ2v) is 6.23. The lowest BCUT2D eigenvalue weighted by Crippen LogP contribution is -2.47. The van der Waals surface area contributed by atoms with E-state index in [0.29, 0.717) is 11.0 Å². The minimum Gasteiger partial charge on any atom is -0.352 e. The Bertz CT molecular complexity index is 850. The molecular formula is C17H17ClN8. The Kier molecular flexibility index (Phi) is 4.74. The average Bonchev–Trinajstić information content (AvgIpc) is 2.71. The largest absolute Gasteiger partial charge is 0.352 e. The maximum Gasteiger partial charge on any atom is 0.249 e. The Balaban J connectivity index is 1.42. The molecule has 0 radical (unpaired) electrons. The third kappa shape index (κ3) is 3.80. The van der Waals surface area contributed by atoms with Crippen molar-refractivity contribution in [3.8, 4) is 0 Å². The number of hydrogen-bond acceptors (Lipinski definition) is 8. The molecule has 1 N–H and O–H groups in total. The smallest absolute Gasteiger partial charge is 0.249 e. The van der Waals surface area contributed by atoms with E-state index in [9.17, 15) is 0 Å². The first-order valence-corrected chi connectivity index (χ1v) is 8.65. The maximum absolute atomic E-state index is 5.91. The van der Waals surface area contributed by atoms with Crippen molar-refractivity contribution in [1.82, 2.24) is 25.1 Å². The Labute approximate surface area is 155 Å². The highest BCUT2D eigenvalue weighted by Crippen LogP contribution is 2.19. The van der Waals surface area contributed by atoms with E-state index < -0.39 is 0 Å². The zero-order valence-electron chi connectivity index (χ0n) is 14.0. The first-order chi connectivity index (χ1) is 12.8. The SMILES string of the molecule is Clc1ccc(Nc2nncc(N3CCN(c4ncccn4)CC3)n2)cc1. The highest BCUT2D eigenvalue weighted by atomic mass is 35.5. The molecule has 0 unspecified atom stereocenters. The summed E-state index contributed by atoms with van der Waals surface area (Å²) in [4.78, 5) is 17.5. The number of rotatable bonds is 4. The van der Waals surface area contributed by atoms with E-state index in [1.807, 2.05) is 30.3 Å². The molecule has 1 fully saturated rings. The molecule has 1 saturated heterocycles. The number of nitrogens with zero attached hydrogens (tertiary/aromatic N) is 7. The van der Waals surface area contributed by atoms with E-state index in [0.717, 1.165) is 43.6 Å². The molecule has 0 bridgehead atoms. The minimum atomic E-state index is 0.457. The van der Waals surface area contributed by atoms with Crippen molar-refractivity contribution in [3.63, 3.8) is 0 Å². The van der Waals surface area contributed by atoms with Crippen molar-refractivity contribution in [2.45, 2.75) is 0 Å². The first kappa shape index (κ1) is 16.5. The van der Waals surface area contributed by atoms with Gasteiger partial charge in [-0.05, 0) is 30.3 Å². The topological polar surface area (TPSA) is 83.0 Å². The molecular weight excluding hydrogens is 352 g/mol. The normalized spacial score (nSPS) is 14.3. The number of aromatic nitrogens is 5. The van der Waals surface area contributed by atoms with Crippen LogP contribution in [0, 0.1) is 0 Å². The van der Waals surface area contributed by atoms with Gasteiger partial charge in [-0.3, -0.25) is 0 Å². The molecule has 9 heteroatoms. The highest BCUT2D eigenvalue weighted by molar-refractivity contribution is 6.30. The standard InChI is InChI=1S/C17H17ClN8/c18-13-2-4-14(5-3-13)22-16-23-15(12-21-24-16)25-8-10-26(11-9-25)17-19-6-1-7-20-17/h1-7,12H,8-11H2,(H,22,23,24). The quantitative estimate of drug-likeness (QED) is 0.751. The summed E-state index contributed by atoms with van der Waals surface area (Å²) in [5, 5.41) is 12.0. The summed E-state index contributed by atoms with van der Waals surface area (Å²) in [7, 11) is 0. The van der Waals surface area contributed by atoms with Crippen molar-refractivity contribution < 1.29 is 0 Å². The van der Waals surface area contributed by atoms with Gasteiger partial charge in [-0.2, -0.15) is 10.1 Å². The van der Waals surface area contributed by atoms with Crippen molar-refractivity contribution in [2.24, 2.45) is 0 Å². The Morgan fingerprint density at radius 1 is 0.923 bits per heavy atom. The molecule has 4 rings (SSSR count). The highest BCUT2D eigenvalue weighted by Gasteiger charge is 2.20. The van der Waals surface area contributed by atoms with Crippen LogP contribution in [0.4, 0.5) is 23.4 Å². The predicted octanol–water partition coefficient (Wildman–Crippen LogP) is 2.39. The number of anilines is 4. The molecule has 2 aromatic heterocycles. The molecule has 8 nitrogen and oxygen atoms in total. The monoisotopic (exact) mass is 368 g/mol. The molecule has 1 aromatic carbocycles. The van der Waals surface area contributed by atoms with Gasteiger partial charge in [0.05, 0.1) is 6.20 Å². The van der Waals surface area contributed by atoms with Gasteiger partial charge in [0.1, 0.15) is 0 Å². The van der Waals surface area contributed by atoms with Crippen LogP contribution >= 0.6 is 11.6 Å². The van der Waals surface area contributed by atoms with E-state index in [-0.39, 0.29) is 0 Å². The van der Waals surface area contributed by atoms with Gasteiger partial charge in [0.2, 0.25) is 11.9 Å². The van der Waals surface area contributed by atoms with Crippen molar-refractivity contribution >= 4 is 35.0 Å². The fraction of sp³-hybridized carbons (Fsp3) is 0.235. The van der Waals surface area contributed by atoms with Crippen molar-refractivity contribution in [2.75, 3.05) is 41.3 Å². The summed E-state index contributed by atoms with van der Waals surface area (Å²) in [6, 6.07) is 9.19. The van der Waals surface area contributed by atoms with E-state index in [4.69, 9.17) is 11.6 Å². The van der Waals surface area contributed by atoms with E-state index in [1.54, 1.807) is 18.6 Å². The van der Waals surface area contributed by atoms with Gasteiger partial charge in [-0.15, -0.1) is 5.10 Å². The third-order valence-electron chi connectivity index (χ3n) is 4.09. The number of nitrogens with one attached hydrogen (secondary N) is 1. The fourth-order valence-electron chi connectivity index (χ4n) is 2.75. The Morgan fingerprint density at radius 3 is 2.35 bits per heavy atom. The lowest BCUT2D eigenvalue weighted by atomic mass is 10.3. The summed E-state index contributed by atoms with van der Waals surface area (Å²) in [6.45, 7) is 3.29. The van der Waals surface area contributed by atoms with Crippen LogP contribution in [0.15, 0.2) is 48.9 Å². The van der Waals surface area contributed by atoms with Crippen molar-refractivity contribution in [1.29, 1.82) is 0 Å². The van der Waals surface area contributed by atoms with Crippen molar-refractivity contribution in [3.05, 3.63) is 53.9 Å². The van der Waals surface area contributed by atoms with Crippen LogP contribution in [0.25, 0.3) is 0 Å². The van der Waals surface area contributed by atoms with Crippen LogP contribution in [-0.4, -0.2) is 51.3 Å². The molecule has 0 saturated carbocycles. The molecule has 26 heavy (non-hydrogen) atoms. The molecule has 0 spiro atoms. The number of benzene rings is 1. The van der Waals surface area contributed by atoms with Crippen LogP contribution in [-0.2, 0) is 0 Å². The summed E-state index contributed by atoms with van der Waals surface area (Å²) in [5.41, 5.74) is 0.861. The lowest BCUT2D eigenvalue weighted by molar-refractivity contribution is 0.632. The number of hydrogen-bond donors (Lipinski definition) is 1. The van der Waals surface area contributed by atoms with Gasteiger partial charge in [-0.25, -0.2) is 9.97 Å². The molecule has 3 heterocycles. The van der Waals surface area contributed by atoms with Crippen LogP contribution in [0.3, 0.4) is 0 Å². The predicted molar refractivity (Wildman–Crippen MR) is 101 cm³/mol. The second-order valence-electron chi connectivity index (χ2n) is 5.79. The van der Waals surface area contributed by atoms with Crippen LogP contribution in [0.1, 0.15) is 0 Å². The van der Waals surface area contributed by atoms with Crippen LogP contribution in [0.2, 0.25) is 5.02 Å². The first-order valence-electron chi connectivity index (χ1n) is 8.27. The Hall–Kier alpha value is -3.00. The lowest BCUT2D eigenvalue weighted by Gasteiger charge is -2.35. The molecule has 132 valence electrons. The van der Waals surface area contributed by atoms with Gasteiger partial charge in [0.15, 0.2) is 5.82 Å². The molecule has 0 atom stereocenters. The Morgan fingerprint density at radius 2 is 1.62 bits per heavy atom. The maximum atomic E-state index is 5.91. The van der Waals surface area contributed by atoms with Gasteiger partial charge >= 0.3 is 0 Å². The summed E-state index contributed by atoms with van der Waals surface area (Å²) in [6.07, 6.45) is 5.21. The third-order valence-corrected chi connectivity index (χ3v) is 4.34.